The molecular formula is C13H12O2S. The first kappa shape index (κ1) is 11.0. The first-order valence-corrected chi connectivity index (χ1v) is 6.20. The van der Waals surface area contributed by atoms with Gasteiger partial charge in [-0.05, 0) is 17.7 Å². The van der Waals surface area contributed by atoms with Gasteiger partial charge in [0, 0.05) is 5.75 Å². The fraction of sp³-hybridized carbons (Fsp3) is 0.154. The van der Waals surface area contributed by atoms with Crippen molar-refractivity contribution in [2.75, 3.05) is 5.75 Å². The molecule has 1 aromatic carbocycles. The van der Waals surface area contributed by atoms with Crippen molar-refractivity contribution in [3.05, 3.63) is 60.1 Å². The highest BCUT2D eigenvalue weighted by atomic mass is 32.2. The van der Waals surface area contributed by atoms with Gasteiger partial charge in [0.05, 0.1) is 12.0 Å². The van der Waals surface area contributed by atoms with Crippen molar-refractivity contribution in [1.29, 1.82) is 0 Å². The molecule has 0 saturated heterocycles. The molecule has 0 N–H and O–H groups in total. The largest absolute Gasteiger partial charge is 0.461 e. The van der Waals surface area contributed by atoms with E-state index in [2.05, 4.69) is 12.1 Å². The zero-order valence-electron chi connectivity index (χ0n) is 8.76. The van der Waals surface area contributed by atoms with Crippen molar-refractivity contribution in [2.24, 2.45) is 0 Å². The molecule has 16 heavy (non-hydrogen) atoms. The maximum absolute atomic E-state index is 11.6. The summed E-state index contributed by atoms with van der Waals surface area (Å²) >= 11 is 1.60. The number of hydrogen-bond donors (Lipinski definition) is 0. The quantitative estimate of drug-likeness (QED) is 0.740. The second-order valence-corrected chi connectivity index (χ2v) is 4.36. The second kappa shape index (κ2) is 5.56. The highest BCUT2D eigenvalue weighted by molar-refractivity contribution is 7.99. The Bertz CT molecular complexity index is 434. The highest BCUT2D eigenvalue weighted by Crippen LogP contribution is 2.14. The van der Waals surface area contributed by atoms with Crippen LogP contribution in [0.15, 0.2) is 53.1 Å². The van der Waals surface area contributed by atoms with E-state index in [1.807, 2.05) is 18.2 Å². The molecular weight excluding hydrogens is 220 g/mol. The van der Waals surface area contributed by atoms with Crippen molar-refractivity contribution >= 4 is 17.5 Å². The van der Waals surface area contributed by atoms with Crippen LogP contribution in [-0.2, 0) is 5.75 Å². The predicted octanol–water partition coefficient (Wildman–Crippen LogP) is 3.40. The molecule has 1 heterocycles. The Labute approximate surface area is 98.7 Å². The molecule has 0 fully saturated rings. The average molecular weight is 232 g/mol. The molecule has 0 atom stereocenters. The molecule has 0 aliphatic rings. The van der Waals surface area contributed by atoms with E-state index in [1.165, 1.54) is 11.8 Å². The summed E-state index contributed by atoms with van der Waals surface area (Å²) in [6, 6.07) is 13.5. The fourth-order valence-corrected chi connectivity index (χ4v) is 2.20. The molecule has 0 aliphatic carbocycles. The van der Waals surface area contributed by atoms with Crippen LogP contribution in [0.3, 0.4) is 0 Å². The second-order valence-electron chi connectivity index (χ2n) is 3.38. The average Bonchev–Trinajstić information content (AvgIpc) is 2.84. The van der Waals surface area contributed by atoms with Gasteiger partial charge in [-0.1, -0.05) is 30.3 Å². The molecule has 0 radical (unpaired) electrons. The normalized spacial score (nSPS) is 10.2. The summed E-state index contributed by atoms with van der Waals surface area (Å²) in [6.07, 6.45) is 1.52. The predicted molar refractivity (Wildman–Crippen MR) is 65.6 cm³/mol. The lowest BCUT2D eigenvalue weighted by Crippen LogP contribution is -2.00. The number of Topliss-reactive ketones (excluding diaryl/α,β-unsaturated/α-hetero) is 1. The van der Waals surface area contributed by atoms with Crippen molar-refractivity contribution < 1.29 is 9.21 Å². The Kier molecular flexibility index (Phi) is 3.83. The van der Waals surface area contributed by atoms with Gasteiger partial charge in [0.2, 0.25) is 5.78 Å². The van der Waals surface area contributed by atoms with Gasteiger partial charge in [0.1, 0.15) is 0 Å². The van der Waals surface area contributed by atoms with Gasteiger partial charge in [-0.2, -0.15) is 0 Å². The number of benzene rings is 1. The van der Waals surface area contributed by atoms with Crippen LogP contribution in [0.2, 0.25) is 0 Å². The van der Waals surface area contributed by atoms with Crippen LogP contribution in [-0.4, -0.2) is 11.5 Å². The SMILES string of the molecule is O=C(CSCc1ccccc1)c1ccco1. The van der Waals surface area contributed by atoms with E-state index < -0.39 is 0 Å². The third kappa shape index (κ3) is 3.00. The summed E-state index contributed by atoms with van der Waals surface area (Å²) in [5, 5.41) is 0. The minimum Gasteiger partial charge on any atom is -0.461 e. The molecule has 0 saturated carbocycles. The smallest absolute Gasteiger partial charge is 0.207 e. The Morgan fingerprint density at radius 2 is 1.94 bits per heavy atom. The molecule has 0 unspecified atom stereocenters. The molecule has 0 aliphatic heterocycles. The van der Waals surface area contributed by atoms with E-state index in [-0.39, 0.29) is 5.78 Å². The van der Waals surface area contributed by atoms with Crippen molar-refractivity contribution in [3.63, 3.8) is 0 Å². The van der Waals surface area contributed by atoms with Gasteiger partial charge in [-0.15, -0.1) is 11.8 Å². The number of rotatable bonds is 5. The molecule has 2 aromatic rings. The molecule has 0 bridgehead atoms. The number of thioether (sulfide) groups is 1. The van der Waals surface area contributed by atoms with Crippen LogP contribution in [0, 0.1) is 0 Å². The minimum absolute atomic E-state index is 0.0472. The number of furan rings is 1. The lowest BCUT2D eigenvalue weighted by molar-refractivity contribution is 0.0992. The standard InChI is InChI=1S/C13H12O2S/c14-12(13-7-4-8-15-13)10-16-9-11-5-2-1-3-6-11/h1-8H,9-10H2. The minimum atomic E-state index is 0.0472. The van der Waals surface area contributed by atoms with Crippen LogP contribution in [0.4, 0.5) is 0 Å². The zero-order chi connectivity index (χ0) is 11.2. The summed E-state index contributed by atoms with van der Waals surface area (Å²) < 4.78 is 5.04. The first-order chi connectivity index (χ1) is 7.86. The number of carbonyl (C=O) groups is 1. The van der Waals surface area contributed by atoms with Gasteiger partial charge in [-0.25, -0.2) is 0 Å². The lowest BCUT2D eigenvalue weighted by Gasteiger charge is -1.99. The van der Waals surface area contributed by atoms with Crippen LogP contribution >= 0.6 is 11.8 Å². The first-order valence-electron chi connectivity index (χ1n) is 5.04. The van der Waals surface area contributed by atoms with Gasteiger partial charge < -0.3 is 4.42 Å². The Balaban J connectivity index is 1.79. The molecule has 0 amide bonds. The van der Waals surface area contributed by atoms with E-state index in [4.69, 9.17) is 4.42 Å². The Hall–Kier alpha value is -1.48. The van der Waals surface area contributed by atoms with Gasteiger partial charge in [0.25, 0.3) is 0 Å². The molecule has 0 spiro atoms. The Morgan fingerprint density at radius 1 is 1.12 bits per heavy atom. The van der Waals surface area contributed by atoms with E-state index in [1.54, 1.807) is 23.9 Å². The van der Waals surface area contributed by atoms with Gasteiger partial charge in [0.15, 0.2) is 5.76 Å². The van der Waals surface area contributed by atoms with Crippen LogP contribution in [0.1, 0.15) is 16.1 Å². The molecule has 1 aromatic heterocycles. The maximum Gasteiger partial charge on any atom is 0.207 e. The van der Waals surface area contributed by atoms with E-state index in [9.17, 15) is 4.79 Å². The van der Waals surface area contributed by atoms with Gasteiger partial charge in [-0.3, -0.25) is 4.79 Å². The van der Waals surface area contributed by atoms with E-state index in [0.717, 1.165) is 5.75 Å². The molecule has 82 valence electrons. The summed E-state index contributed by atoms with van der Waals surface area (Å²) in [7, 11) is 0. The van der Waals surface area contributed by atoms with Crippen LogP contribution < -0.4 is 0 Å². The third-order valence-electron chi connectivity index (χ3n) is 2.14. The topological polar surface area (TPSA) is 30.2 Å². The monoisotopic (exact) mass is 232 g/mol. The molecule has 2 rings (SSSR count). The van der Waals surface area contributed by atoms with E-state index in [0.29, 0.717) is 11.5 Å². The summed E-state index contributed by atoms with van der Waals surface area (Å²) in [5.74, 6) is 1.81. The van der Waals surface area contributed by atoms with Crippen LogP contribution in [0.5, 0.6) is 0 Å². The zero-order valence-corrected chi connectivity index (χ0v) is 9.57. The highest BCUT2D eigenvalue weighted by Gasteiger charge is 2.07. The third-order valence-corrected chi connectivity index (χ3v) is 3.14. The summed E-state index contributed by atoms with van der Waals surface area (Å²) in [6.45, 7) is 0. The van der Waals surface area contributed by atoms with E-state index >= 15 is 0 Å². The fourth-order valence-electron chi connectivity index (χ4n) is 1.34. The molecule has 2 nitrogen and oxygen atoms in total. The Morgan fingerprint density at radius 3 is 2.62 bits per heavy atom. The maximum atomic E-state index is 11.6. The number of ketones is 1. The van der Waals surface area contributed by atoms with Crippen molar-refractivity contribution in [1.82, 2.24) is 0 Å². The molecule has 3 heteroatoms. The summed E-state index contributed by atoms with van der Waals surface area (Å²) in [4.78, 5) is 11.6. The number of carbonyl (C=O) groups excluding carboxylic acids is 1. The lowest BCUT2D eigenvalue weighted by atomic mass is 10.2. The van der Waals surface area contributed by atoms with Crippen molar-refractivity contribution in [2.45, 2.75) is 5.75 Å². The summed E-state index contributed by atoms with van der Waals surface area (Å²) in [5.41, 5.74) is 1.24. The number of hydrogen-bond acceptors (Lipinski definition) is 3. The van der Waals surface area contributed by atoms with Crippen molar-refractivity contribution in [3.8, 4) is 0 Å². The van der Waals surface area contributed by atoms with Gasteiger partial charge >= 0.3 is 0 Å². The van der Waals surface area contributed by atoms with Crippen LogP contribution in [0.25, 0.3) is 0 Å².